The van der Waals surface area contributed by atoms with Crippen LogP contribution in [0.4, 0.5) is 0 Å². The van der Waals surface area contributed by atoms with Crippen LogP contribution in [0.15, 0.2) is 27.6 Å². The summed E-state index contributed by atoms with van der Waals surface area (Å²) in [5.74, 6) is 0.447. The van der Waals surface area contributed by atoms with E-state index in [-0.39, 0.29) is 34.9 Å². The van der Waals surface area contributed by atoms with Crippen molar-refractivity contribution in [3.05, 3.63) is 27.7 Å². The summed E-state index contributed by atoms with van der Waals surface area (Å²) in [7, 11) is -3.63. The molecule has 3 N–H and O–H groups in total. The first-order chi connectivity index (χ1) is 8.42. The van der Waals surface area contributed by atoms with Crippen molar-refractivity contribution in [2.24, 2.45) is 11.7 Å². The Kier molecular flexibility index (Phi) is 6.10. The van der Waals surface area contributed by atoms with E-state index in [0.717, 1.165) is 12.8 Å². The van der Waals surface area contributed by atoms with Crippen molar-refractivity contribution in [2.75, 3.05) is 6.54 Å². The molecule has 1 aliphatic carbocycles. The molecule has 2 rings (SSSR count). The lowest BCUT2D eigenvalue weighted by atomic mass is 10.2. The standard InChI is InChI=1S/C11H14BrClN2O2S.ClH/c12-8-2-1-3-9(13)11(8)18(16,17)15-6-10(14)7-4-5-7;/h1-3,7,10,15H,4-6,14H2;1H. The second kappa shape index (κ2) is 6.74. The minimum absolute atomic E-state index is 0. The van der Waals surface area contributed by atoms with Gasteiger partial charge in [0.2, 0.25) is 10.0 Å². The van der Waals surface area contributed by atoms with E-state index in [4.69, 9.17) is 17.3 Å². The molecule has 1 aromatic carbocycles. The van der Waals surface area contributed by atoms with E-state index in [1.54, 1.807) is 18.2 Å². The molecule has 1 fully saturated rings. The van der Waals surface area contributed by atoms with Gasteiger partial charge < -0.3 is 5.73 Å². The number of hydrogen-bond acceptors (Lipinski definition) is 3. The van der Waals surface area contributed by atoms with E-state index >= 15 is 0 Å². The van der Waals surface area contributed by atoms with Gasteiger partial charge >= 0.3 is 0 Å². The molecule has 0 spiro atoms. The highest BCUT2D eigenvalue weighted by atomic mass is 79.9. The van der Waals surface area contributed by atoms with Crippen molar-refractivity contribution >= 4 is 50.0 Å². The van der Waals surface area contributed by atoms with E-state index < -0.39 is 10.0 Å². The molecule has 8 heteroatoms. The lowest BCUT2D eigenvalue weighted by Crippen LogP contribution is -2.38. The van der Waals surface area contributed by atoms with Crippen LogP contribution in [0.25, 0.3) is 0 Å². The summed E-state index contributed by atoms with van der Waals surface area (Å²) in [6.45, 7) is 0.241. The molecule has 1 unspecified atom stereocenters. The van der Waals surface area contributed by atoms with E-state index in [0.29, 0.717) is 10.4 Å². The quantitative estimate of drug-likeness (QED) is 0.812. The third kappa shape index (κ3) is 4.31. The number of benzene rings is 1. The van der Waals surface area contributed by atoms with Crippen molar-refractivity contribution in [3.63, 3.8) is 0 Å². The van der Waals surface area contributed by atoms with Gasteiger partial charge in [0.15, 0.2) is 0 Å². The Morgan fingerprint density at radius 3 is 2.63 bits per heavy atom. The average molecular weight is 390 g/mol. The Bertz CT molecular complexity index is 529. The van der Waals surface area contributed by atoms with Crippen molar-refractivity contribution in [1.82, 2.24) is 4.72 Å². The summed E-state index contributed by atoms with van der Waals surface area (Å²) in [4.78, 5) is 0.0645. The highest BCUT2D eigenvalue weighted by Crippen LogP contribution is 2.32. The molecule has 1 aliphatic rings. The summed E-state index contributed by atoms with van der Waals surface area (Å²) >= 11 is 9.12. The zero-order valence-electron chi connectivity index (χ0n) is 9.97. The van der Waals surface area contributed by atoms with Crippen LogP contribution in [0.5, 0.6) is 0 Å². The zero-order chi connectivity index (χ0) is 13.3. The molecule has 0 amide bonds. The number of sulfonamides is 1. The lowest BCUT2D eigenvalue weighted by molar-refractivity contribution is 0.547. The van der Waals surface area contributed by atoms with Gasteiger partial charge in [-0.25, -0.2) is 13.1 Å². The van der Waals surface area contributed by atoms with E-state index in [1.807, 2.05) is 0 Å². The highest BCUT2D eigenvalue weighted by molar-refractivity contribution is 9.10. The van der Waals surface area contributed by atoms with Gasteiger partial charge in [-0.2, -0.15) is 0 Å². The molecule has 1 saturated carbocycles. The first kappa shape index (κ1) is 17.2. The summed E-state index contributed by atoms with van der Waals surface area (Å²) < 4.78 is 27.2. The Hall–Kier alpha value is 0.150. The minimum Gasteiger partial charge on any atom is -0.326 e. The normalized spacial score (nSPS) is 16.8. The maximum absolute atomic E-state index is 12.1. The summed E-state index contributed by atoms with van der Waals surface area (Å²) in [6, 6.07) is 4.74. The topological polar surface area (TPSA) is 72.2 Å². The van der Waals surface area contributed by atoms with Gasteiger partial charge in [0.1, 0.15) is 4.90 Å². The predicted octanol–water partition coefficient (Wildman–Crippen LogP) is 2.54. The fourth-order valence-electron chi connectivity index (χ4n) is 1.71. The van der Waals surface area contributed by atoms with Crippen LogP contribution in [-0.2, 0) is 10.0 Å². The smallest absolute Gasteiger partial charge is 0.243 e. The molecule has 108 valence electrons. The van der Waals surface area contributed by atoms with Crippen LogP contribution >= 0.6 is 39.9 Å². The van der Waals surface area contributed by atoms with E-state index in [2.05, 4.69) is 20.7 Å². The van der Waals surface area contributed by atoms with Crippen LogP contribution in [0, 0.1) is 5.92 Å². The first-order valence-corrected chi connectivity index (χ1v) is 8.26. The Morgan fingerprint density at radius 2 is 2.11 bits per heavy atom. The van der Waals surface area contributed by atoms with Crippen molar-refractivity contribution in [3.8, 4) is 0 Å². The van der Waals surface area contributed by atoms with Gasteiger partial charge in [-0.05, 0) is 46.8 Å². The minimum atomic E-state index is -3.63. The summed E-state index contributed by atoms with van der Waals surface area (Å²) in [5.41, 5.74) is 5.87. The number of halogens is 3. The SMILES string of the molecule is Cl.NC(CNS(=O)(=O)c1c(Cl)cccc1Br)C1CC1. The summed E-state index contributed by atoms with van der Waals surface area (Å²) in [6.07, 6.45) is 2.16. The number of nitrogens with one attached hydrogen (secondary N) is 1. The molecule has 0 heterocycles. The molecule has 4 nitrogen and oxygen atoms in total. The van der Waals surface area contributed by atoms with Crippen molar-refractivity contribution < 1.29 is 8.42 Å². The number of hydrogen-bond donors (Lipinski definition) is 2. The third-order valence-electron chi connectivity index (χ3n) is 2.92. The molecule has 19 heavy (non-hydrogen) atoms. The molecule has 0 radical (unpaired) electrons. The molecule has 0 aliphatic heterocycles. The Labute approximate surface area is 132 Å². The molecule has 1 atom stereocenters. The maximum Gasteiger partial charge on any atom is 0.243 e. The molecule has 0 aromatic heterocycles. The van der Waals surface area contributed by atoms with Crippen molar-refractivity contribution in [1.29, 1.82) is 0 Å². The molecule has 0 saturated heterocycles. The van der Waals surface area contributed by atoms with Gasteiger partial charge in [-0.1, -0.05) is 17.7 Å². The fraction of sp³-hybridized carbons (Fsp3) is 0.455. The zero-order valence-corrected chi connectivity index (χ0v) is 13.9. The predicted molar refractivity (Wildman–Crippen MR) is 82.3 cm³/mol. The van der Waals surface area contributed by atoms with Crippen LogP contribution in [0.2, 0.25) is 5.02 Å². The van der Waals surface area contributed by atoms with Gasteiger partial charge in [-0.3, -0.25) is 0 Å². The Balaban J connectivity index is 0.00000180. The van der Waals surface area contributed by atoms with Gasteiger partial charge in [0.05, 0.1) is 5.02 Å². The van der Waals surface area contributed by atoms with E-state index in [1.165, 1.54) is 0 Å². The lowest BCUT2D eigenvalue weighted by Gasteiger charge is -2.13. The third-order valence-corrected chi connectivity index (χ3v) is 5.80. The molecular weight excluding hydrogens is 375 g/mol. The average Bonchev–Trinajstić information content (AvgIpc) is 3.09. The van der Waals surface area contributed by atoms with Gasteiger partial charge in [0.25, 0.3) is 0 Å². The van der Waals surface area contributed by atoms with Crippen LogP contribution in [-0.4, -0.2) is 21.0 Å². The maximum atomic E-state index is 12.1. The van der Waals surface area contributed by atoms with Gasteiger partial charge in [0, 0.05) is 17.1 Å². The fourth-order valence-corrected chi connectivity index (χ4v) is 4.51. The number of nitrogens with two attached hydrogens (primary N) is 1. The van der Waals surface area contributed by atoms with Crippen molar-refractivity contribution in [2.45, 2.75) is 23.8 Å². The monoisotopic (exact) mass is 388 g/mol. The highest BCUT2D eigenvalue weighted by Gasteiger charge is 2.30. The Morgan fingerprint density at radius 1 is 1.47 bits per heavy atom. The van der Waals surface area contributed by atoms with E-state index in [9.17, 15) is 8.42 Å². The second-order valence-corrected chi connectivity index (χ2v) is 7.37. The largest absolute Gasteiger partial charge is 0.326 e. The number of rotatable bonds is 5. The first-order valence-electron chi connectivity index (χ1n) is 5.61. The van der Waals surface area contributed by atoms with Crippen LogP contribution in [0.1, 0.15) is 12.8 Å². The summed E-state index contributed by atoms with van der Waals surface area (Å²) in [5, 5.41) is 0.192. The van der Waals surface area contributed by atoms with Gasteiger partial charge in [-0.15, -0.1) is 12.4 Å². The van der Waals surface area contributed by atoms with Crippen LogP contribution < -0.4 is 10.5 Å². The van der Waals surface area contributed by atoms with Crippen LogP contribution in [0.3, 0.4) is 0 Å². The molecule has 0 bridgehead atoms. The second-order valence-electron chi connectivity index (χ2n) is 4.40. The molecule has 1 aromatic rings. The molecular formula is C11H15BrCl2N2O2S.